The van der Waals surface area contributed by atoms with Crippen molar-refractivity contribution in [3.63, 3.8) is 0 Å². The summed E-state index contributed by atoms with van der Waals surface area (Å²) in [5, 5.41) is 1.45. The molecule has 140 valence electrons. The lowest BCUT2D eigenvalue weighted by atomic mass is 9.98. The van der Waals surface area contributed by atoms with Gasteiger partial charge in [0.25, 0.3) is 0 Å². The Morgan fingerprint density at radius 1 is 0.964 bits per heavy atom. The first kappa shape index (κ1) is 20.1. The van der Waals surface area contributed by atoms with Crippen LogP contribution in [0.4, 0.5) is 4.39 Å². The zero-order valence-corrected chi connectivity index (χ0v) is 16.8. The van der Waals surface area contributed by atoms with E-state index in [2.05, 4.69) is 13.2 Å². The lowest BCUT2D eigenvalue weighted by molar-refractivity contribution is -0.108. The van der Waals surface area contributed by atoms with Gasteiger partial charge in [0.1, 0.15) is 5.82 Å². The van der Waals surface area contributed by atoms with Crippen LogP contribution in [0.3, 0.4) is 0 Å². The lowest BCUT2D eigenvalue weighted by Gasteiger charge is -2.11. The van der Waals surface area contributed by atoms with Gasteiger partial charge in [0.15, 0.2) is 0 Å². The third kappa shape index (κ3) is 4.26. The molecule has 0 spiro atoms. The molecule has 0 N–H and O–H groups in total. The second kappa shape index (κ2) is 8.59. The molecular weight excluding hydrogens is 391 g/mol. The van der Waals surface area contributed by atoms with Gasteiger partial charge in [0.05, 0.1) is 4.90 Å². The normalized spacial score (nSPS) is 10.6. The van der Waals surface area contributed by atoms with E-state index in [1.807, 2.05) is 36.4 Å². The van der Waals surface area contributed by atoms with E-state index in [0.717, 1.165) is 50.8 Å². The Morgan fingerprint density at radius 3 is 2.36 bits per heavy atom. The predicted octanol–water partition coefficient (Wildman–Crippen LogP) is 6.65. The van der Waals surface area contributed by atoms with Crippen LogP contribution < -0.4 is 0 Å². The molecular formula is C23H17FO2S2. The maximum Gasteiger partial charge on any atom is 0.219 e. The number of rotatable bonds is 5. The molecule has 0 aliphatic carbocycles. The van der Waals surface area contributed by atoms with Crippen LogP contribution in [0.15, 0.2) is 89.2 Å². The van der Waals surface area contributed by atoms with Crippen molar-refractivity contribution in [3.05, 3.63) is 85.2 Å². The Morgan fingerprint density at radius 2 is 1.68 bits per heavy atom. The summed E-state index contributed by atoms with van der Waals surface area (Å²) in [5.41, 5.74) is 2.04. The van der Waals surface area contributed by atoms with E-state index in [1.54, 1.807) is 19.1 Å². The fourth-order valence-electron chi connectivity index (χ4n) is 2.71. The first-order valence-electron chi connectivity index (χ1n) is 8.44. The van der Waals surface area contributed by atoms with E-state index in [1.165, 1.54) is 6.07 Å². The molecule has 0 aromatic heterocycles. The molecule has 5 heteroatoms. The highest BCUT2D eigenvalue weighted by Crippen LogP contribution is 2.36. The molecule has 0 fully saturated rings. The molecule has 0 saturated carbocycles. The standard InChI is InChI=1S/C23H17FO2S2/c1-4-22(25)27-21-12-11-15(13-19(21)24)16-7-5-9-18-17(16)8-6-10-20(18)28-23(26)14(2)3/h4-13H,1-2H2,3H3. The van der Waals surface area contributed by atoms with E-state index in [4.69, 9.17) is 0 Å². The summed E-state index contributed by atoms with van der Waals surface area (Å²) >= 11 is 1.95. The summed E-state index contributed by atoms with van der Waals surface area (Å²) in [4.78, 5) is 24.7. The van der Waals surface area contributed by atoms with Crippen molar-refractivity contribution in [2.75, 3.05) is 0 Å². The minimum atomic E-state index is -0.460. The molecule has 2 nitrogen and oxygen atoms in total. The Bertz CT molecular complexity index is 1120. The first-order valence-corrected chi connectivity index (χ1v) is 10.1. The fraction of sp³-hybridized carbons (Fsp3) is 0.0435. The Hall–Kier alpha value is -2.63. The highest BCUT2D eigenvalue weighted by atomic mass is 32.2. The number of hydrogen-bond donors (Lipinski definition) is 0. The smallest absolute Gasteiger partial charge is 0.219 e. The van der Waals surface area contributed by atoms with Crippen molar-refractivity contribution in [2.24, 2.45) is 0 Å². The highest BCUT2D eigenvalue weighted by molar-refractivity contribution is 8.14. The van der Waals surface area contributed by atoms with Crippen LogP contribution in [-0.2, 0) is 9.59 Å². The monoisotopic (exact) mass is 408 g/mol. The third-order valence-electron chi connectivity index (χ3n) is 4.05. The summed E-state index contributed by atoms with van der Waals surface area (Å²) in [6.07, 6.45) is 1.16. The molecule has 0 saturated heterocycles. The SMILES string of the molecule is C=CC(=O)Sc1ccc(-c2cccc3c(SC(=O)C(=C)C)cccc23)cc1F. The van der Waals surface area contributed by atoms with Gasteiger partial charge in [-0.1, -0.05) is 49.6 Å². The van der Waals surface area contributed by atoms with E-state index >= 15 is 0 Å². The van der Waals surface area contributed by atoms with Crippen LogP contribution in [0, 0.1) is 5.82 Å². The number of carbonyl (C=O) groups is 2. The van der Waals surface area contributed by atoms with Crippen molar-refractivity contribution in [3.8, 4) is 11.1 Å². The highest BCUT2D eigenvalue weighted by Gasteiger charge is 2.13. The largest absolute Gasteiger partial charge is 0.282 e. The van der Waals surface area contributed by atoms with Crippen molar-refractivity contribution in [2.45, 2.75) is 16.7 Å². The van der Waals surface area contributed by atoms with Gasteiger partial charge in [-0.05, 0) is 82.2 Å². The van der Waals surface area contributed by atoms with Gasteiger partial charge in [-0.3, -0.25) is 9.59 Å². The molecule has 0 unspecified atom stereocenters. The second-order valence-electron chi connectivity index (χ2n) is 6.10. The zero-order chi connectivity index (χ0) is 20.3. The Kier molecular flexibility index (Phi) is 6.17. The average molecular weight is 409 g/mol. The van der Waals surface area contributed by atoms with E-state index in [-0.39, 0.29) is 15.1 Å². The van der Waals surface area contributed by atoms with Gasteiger partial charge in [-0.15, -0.1) is 0 Å². The molecule has 0 atom stereocenters. The van der Waals surface area contributed by atoms with E-state index in [9.17, 15) is 14.0 Å². The van der Waals surface area contributed by atoms with Crippen LogP contribution in [0.25, 0.3) is 21.9 Å². The fourth-order valence-corrected chi connectivity index (χ4v) is 4.11. The molecule has 0 bridgehead atoms. The van der Waals surface area contributed by atoms with Gasteiger partial charge in [0.2, 0.25) is 10.2 Å². The van der Waals surface area contributed by atoms with Crippen molar-refractivity contribution >= 4 is 44.5 Å². The minimum Gasteiger partial charge on any atom is -0.282 e. The lowest BCUT2D eigenvalue weighted by Crippen LogP contribution is -1.92. The topological polar surface area (TPSA) is 34.1 Å². The predicted molar refractivity (Wildman–Crippen MR) is 116 cm³/mol. The van der Waals surface area contributed by atoms with Crippen molar-refractivity contribution < 1.29 is 14.0 Å². The number of halogens is 1. The molecule has 0 heterocycles. The average Bonchev–Trinajstić information content (AvgIpc) is 2.69. The number of fused-ring (bicyclic) bond motifs is 1. The van der Waals surface area contributed by atoms with Crippen LogP contribution in [0.2, 0.25) is 0 Å². The van der Waals surface area contributed by atoms with Gasteiger partial charge in [-0.2, -0.15) is 0 Å². The van der Waals surface area contributed by atoms with Crippen LogP contribution >= 0.6 is 23.5 Å². The molecule has 0 radical (unpaired) electrons. The zero-order valence-electron chi connectivity index (χ0n) is 15.2. The molecule has 0 aliphatic rings. The van der Waals surface area contributed by atoms with Gasteiger partial charge < -0.3 is 0 Å². The maximum atomic E-state index is 14.5. The van der Waals surface area contributed by atoms with E-state index in [0.29, 0.717) is 11.1 Å². The number of thioether (sulfide) groups is 2. The van der Waals surface area contributed by atoms with Gasteiger partial charge >= 0.3 is 0 Å². The molecule has 28 heavy (non-hydrogen) atoms. The Balaban J connectivity index is 2.06. The molecule has 3 rings (SSSR count). The van der Waals surface area contributed by atoms with Gasteiger partial charge in [0, 0.05) is 4.90 Å². The molecule has 3 aromatic rings. The van der Waals surface area contributed by atoms with Gasteiger partial charge in [-0.25, -0.2) is 4.39 Å². The minimum absolute atomic E-state index is 0.0859. The van der Waals surface area contributed by atoms with Crippen LogP contribution in [-0.4, -0.2) is 10.2 Å². The summed E-state index contributed by atoms with van der Waals surface area (Å²) < 4.78 is 14.5. The molecule has 0 aliphatic heterocycles. The van der Waals surface area contributed by atoms with Crippen molar-refractivity contribution in [1.29, 1.82) is 0 Å². The second-order valence-corrected chi connectivity index (χ2v) is 8.16. The van der Waals surface area contributed by atoms with E-state index < -0.39 is 5.82 Å². The van der Waals surface area contributed by atoms with Crippen molar-refractivity contribution in [1.82, 2.24) is 0 Å². The quantitative estimate of drug-likeness (QED) is 0.350. The Labute approximate surface area is 171 Å². The summed E-state index contributed by atoms with van der Waals surface area (Å²) in [5.74, 6) is -0.460. The molecule has 3 aromatic carbocycles. The third-order valence-corrected chi connectivity index (χ3v) is 6.08. The number of carbonyl (C=O) groups excluding carboxylic acids is 2. The van der Waals surface area contributed by atoms with Crippen LogP contribution in [0.5, 0.6) is 0 Å². The summed E-state index contributed by atoms with van der Waals surface area (Å²) in [6.45, 7) is 8.78. The summed E-state index contributed by atoms with van der Waals surface area (Å²) in [6, 6.07) is 16.3. The summed E-state index contributed by atoms with van der Waals surface area (Å²) in [7, 11) is 0. The van der Waals surface area contributed by atoms with Crippen LogP contribution in [0.1, 0.15) is 6.92 Å². The maximum absolute atomic E-state index is 14.5. The number of hydrogen-bond acceptors (Lipinski definition) is 4. The molecule has 0 amide bonds. The number of benzene rings is 3. The first-order chi connectivity index (χ1) is 13.4.